The van der Waals surface area contributed by atoms with Gasteiger partial charge in [-0.3, -0.25) is 9.59 Å². The van der Waals surface area contributed by atoms with Gasteiger partial charge in [-0.1, -0.05) is 0 Å². The van der Waals surface area contributed by atoms with E-state index in [4.69, 9.17) is 10.5 Å². The van der Waals surface area contributed by atoms with Crippen LogP contribution in [0.1, 0.15) is 12.8 Å². The highest BCUT2D eigenvalue weighted by atomic mass is 16.5. The van der Waals surface area contributed by atoms with Crippen molar-refractivity contribution < 1.29 is 14.3 Å². The highest BCUT2D eigenvalue weighted by Gasteiger charge is 2.21. The first-order valence-corrected chi connectivity index (χ1v) is 6.20. The fourth-order valence-electron chi connectivity index (χ4n) is 1.93. The quantitative estimate of drug-likeness (QED) is 0.709. The van der Waals surface area contributed by atoms with Gasteiger partial charge in [0, 0.05) is 5.69 Å². The van der Waals surface area contributed by atoms with Gasteiger partial charge < -0.3 is 21.1 Å². The lowest BCUT2D eigenvalue weighted by Crippen LogP contribution is -2.35. The van der Waals surface area contributed by atoms with Gasteiger partial charge in [-0.2, -0.15) is 0 Å². The topological polar surface area (TPSA) is 93.5 Å². The molecule has 1 aliphatic rings. The Hall–Kier alpha value is -2.08. The van der Waals surface area contributed by atoms with E-state index in [0.29, 0.717) is 11.4 Å². The van der Waals surface area contributed by atoms with Gasteiger partial charge in [-0.25, -0.2) is 0 Å². The number of benzene rings is 1. The fraction of sp³-hybridized carbons (Fsp3) is 0.385. The van der Waals surface area contributed by atoms with E-state index in [9.17, 15) is 9.59 Å². The van der Waals surface area contributed by atoms with Crippen LogP contribution in [0.2, 0.25) is 0 Å². The Morgan fingerprint density at radius 3 is 2.68 bits per heavy atom. The summed E-state index contributed by atoms with van der Waals surface area (Å²) < 4.78 is 5.13. The first-order valence-electron chi connectivity index (χ1n) is 6.20. The van der Waals surface area contributed by atoms with E-state index in [-0.39, 0.29) is 18.6 Å². The van der Waals surface area contributed by atoms with E-state index in [1.54, 1.807) is 24.3 Å². The summed E-state index contributed by atoms with van der Waals surface area (Å²) in [4.78, 5) is 22.4. The summed E-state index contributed by atoms with van der Waals surface area (Å²) in [6.45, 7) is 0.732. The molecule has 0 aromatic heterocycles. The smallest absolute Gasteiger partial charge is 0.255 e. The van der Waals surface area contributed by atoms with E-state index < -0.39 is 5.91 Å². The molecule has 6 nitrogen and oxygen atoms in total. The highest BCUT2D eigenvalue weighted by Crippen LogP contribution is 2.16. The monoisotopic (exact) mass is 263 g/mol. The van der Waals surface area contributed by atoms with Crippen molar-refractivity contribution in [3.8, 4) is 5.75 Å². The van der Waals surface area contributed by atoms with Crippen molar-refractivity contribution in [1.29, 1.82) is 0 Å². The summed E-state index contributed by atoms with van der Waals surface area (Å²) >= 11 is 0. The predicted octanol–water partition coefficient (Wildman–Crippen LogP) is 0.241. The summed E-state index contributed by atoms with van der Waals surface area (Å²) in [6, 6.07) is 6.71. The summed E-state index contributed by atoms with van der Waals surface area (Å²) in [5, 5.41) is 5.96. The maximum absolute atomic E-state index is 11.8. The Bertz CT molecular complexity index is 453. The third kappa shape index (κ3) is 3.96. The lowest BCUT2D eigenvalue weighted by atomic mass is 10.2. The van der Waals surface area contributed by atoms with E-state index in [1.165, 1.54) is 0 Å². The number of ether oxygens (including phenoxy) is 1. The van der Waals surface area contributed by atoms with Crippen molar-refractivity contribution in [1.82, 2.24) is 5.32 Å². The maximum Gasteiger partial charge on any atom is 0.255 e. The number of carbonyl (C=O) groups is 2. The molecule has 0 unspecified atom stereocenters. The van der Waals surface area contributed by atoms with E-state index in [0.717, 1.165) is 19.4 Å². The minimum Gasteiger partial charge on any atom is -0.484 e. The molecule has 1 atom stereocenters. The molecule has 0 radical (unpaired) electrons. The van der Waals surface area contributed by atoms with Gasteiger partial charge in [0.1, 0.15) is 5.75 Å². The Morgan fingerprint density at radius 1 is 1.37 bits per heavy atom. The number of nitrogens with two attached hydrogens (primary N) is 1. The Balaban J connectivity index is 1.87. The molecule has 1 saturated heterocycles. The molecule has 1 aromatic carbocycles. The van der Waals surface area contributed by atoms with E-state index in [1.807, 2.05) is 0 Å². The Labute approximate surface area is 111 Å². The largest absolute Gasteiger partial charge is 0.484 e. The zero-order valence-electron chi connectivity index (χ0n) is 10.5. The van der Waals surface area contributed by atoms with Crippen molar-refractivity contribution in [2.45, 2.75) is 18.9 Å². The average Bonchev–Trinajstić information content (AvgIpc) is 2.92. The van der Waals surface area contributed by atoms with Gasteiger partial charge in [-0.05, 0) is 43.7 Å². The van der Waals surface area contributed by atoms with Crippen molar-refractivity contribution in [2.24, 2.45) is 5.73 Å². The molecule has 0 saturated carbocycles. The van der Waals surface area contributed by atoms with Gasteiger partial charge in [0.2, 0.25) is 5.91 Å². The lowest BCUT2D eigenvalue weighted by molar-refractivity contribution is -0.120. The number of amides is 2. The van der Waals surface area contributed by atoms with Crippen LogP contribution in [-0.4, -0.2) is 31.0 Å². The second-order valence-electron chi connectivity index (χ2n) is 4.42. The van der Waals surface area contributed by atoms with Gasteiger partial charge in [0.25, 0.3) is 5.91 Å². The summed E-state index contributed by atoms with van der Waals surface area (Å²) in [7, 11) is 0. The standard InChI is InChI=1S/C13H17N3O3/c14-12(17)8-19-10-5-3-9(4-6-10)16-13(18)11-2-1-7-15-11/h3-6,11,15H,1-2,7-8H2,(H2,14,17)(H,16,18)/t11-/m1/s1. The van der Waals surface area contributed by atoms with Crippen LogP contribution in [0, 0.1) is 0 Å². The molecule has 102 valence electrons. The minimum absolute atomic E-state index is 0.0247. The van der Waals surface area contributed by atoms with Crippen molar-refractivity contribution >= 4 is 17.5 Å². The number of hydrogen-bond acceptors (Lipinski definition) is 4. The van der Waals surface area contributed by atoms with Crippen molar-refractivity contribution in [3.05, 3.63) is 24.3 Å². The second kappa shape index (κ2) is 6.19. The number of anilines is 1. The number of rotatable bonds is 5. The van der Waals surface area contributed by atoms with Crippen LogP contribution in [0.5, 0.6) is 5.75 Å². The zero-order chi connectivity index (χ0) is 13.7. The molecule has 19 heavy (non-hydrogen) atoms. The zero-order valence-corrected chi connectivity index (χ0v) is 10.5. The normalized spacial score (nSPS) is 18.0. The SMILES string of the molecule is NC(=O)COc1ccc(NC(=O)[C@H]2CCCN2)cc1. The van der Waals surface area contributed by atoms with Crippen LogP contribution < -0.4 is 21.1 Å². The second-order valence-corrected chi connectivity index (χ2v) is 4.42. The molecule has 1 heterocycles. The van der Waals surface area contributed by atoms with Crippen LogP contribution in [-0.2, 0) is 9.59 Å². The Morgan fingerprint density at radius 2 is 2.11 bits per heavy atom. The van der Waals surface area contributed by atoms with Gasteiger partial charge >= 0.3 is 0 Å². The van der Waals surface area contributed by atoms with E-state index in [2.05, 4.69) is 10.6 Å². The molecule has 2 rings (SSSR count). The number of hydrogen-bond donors (Lipinski definition) is 3. The summed E-state index contributed by atoms with van der Waals surface area (Å²) in [6.07, 6.45) is 1.89. The molecule has 6 heteroatoms. The van der Waals surface area contributed by atoms with Crippen LogP contribution in [0.4, 0.5) is 5.69 Å². The fourth-order valence-corrected chi connectivity index (χ4v) is 1.93. The third-order valence-electron chi connectivity index (χ3n) is 2.88. The highest BCUT2D eigenvalue weighted by molar-refractivity contribution is 5.95. The number of carbonyl (C=O) groups excluding carboxylic acids is 2. The molecule has 1 aliphatic heterocycles. The molecule has 1 fully saturated rings. The van der Waals surface area contributed by atoms with E-state index >= 15 is 0 Å². The number of primary amides is 1. The molecule has 0 bridgehead atoms. The molecule has 4 N–H and O–H groups in total. The average molecular weight is 263 g/mol. The summed E-state index contributed by atoms with van der Waals surface area (Å²) in [5.74, 6) is -0.0104. The number of nitrogens with one attached hydrogen (secondary N) is 2. The first kappa shape index (κ1) is 13.4. The molecular weight excluding hydrogens is 246 g/mol. The van der Waals surface area contributed by atoms with Gasteiger partial charge in [0.05, 0.1) is 6.04 Å². The van der Waals surface area contributed by atoms with Gasteiger partial charge in [-0.15, -0.1) is 0 Å². The van der Waals surface area contributed by atoms with Gasteiger partial charge in [0.15, 0.2) is 6.61 Å². The van der Waals surface area contributed by atoms with Crippen LogP contribution >= 0.6 is 0 Å². The molecule has 0 spiro atoms. The van der Waals surface area contributed by atoms with Crippen molar-refractivity contribution in [3.63, 3.8) is 0 Å². The molecule has 0 aliphatic carbocycles. The van der Waals surface area contributed by atoms with Crippen LogP contribution in [0.3, 0.4) is 0 Å². The molecule has 2 amide bonds. The van der Waals surface area contributed by atoms with Crippen LogP contribution in [0.25, 0.3) is 0 Å². The first-order chi connectivity index (χ1) is 9.15. The third-order valence-corrected chi connectivity index (χ3v) is 2.88. The minimum atomic E-state index is -0.523. The predicted molar refractivity (Wildman–Crippen MR) is 70.8 cm³/mol. The lowest BCUT2D eigenvalue weighted by Gasteiger charge is -2.11. The maximum atomic E-state index is 11.8. The van der Waals surface area contributed by atoms with Crippen LogP contribution in [0.15, 0.2) is 24.3 Å². The summed E-state index contributed by atoms with van der Waals surface area (Å²) in [5.41, 5.74) is 5.68. The molecular formula is C13H17N3O3. The Kier molecular flexibility index (Phi) is 4.35. The van der Waals surface area contributed by atoms with Crippen molar-refractivity contribution in [2.75, 3.05) is 18.5 Å². The molecule has 1 aromatic rings.